The Balaban J connectivity index is 2.59. The molecule has 0 fully saturated rings. The molecule has 0 spiro atoms. The van der Waals surface area contributed by atoms with Crippen molar-refractivity contribution >= 4 is 11.8 Å². The fraction of sp³-hybridized carbons (Fsp3) is 0.167. The summed E-state index contributed by atoms with van der Waals surface area (Å²) in [6, 6.07) is 8.42. The van der Waals surface area contributed by atoms with E-state index in [1.807, 2.05) is 0 Å². The molecular formula is C12H11F3N4. The van der Waals surface area contributed by atoms with Gasteiger partial charge < -0.3 is 11.5 Å². The Hall–Kier alpha value is -2.31. The van der Waals surface area contributed by atoms with Crippen LogP contribution in [0.15, 0.2) is 30.3 Å². The summed E-state index contributed by atoms with van der Waals surface area (Å²) in [5, 5.41) is 0. The second-order valence-electron chi connectivity index (χ2n) is 3.95. The van der Waals surface area contributed by atoms with Gasteiger partial charge in [0.15, 0.2) is 0 Å². The summed E-state index contributed by atoms with van der Waals surface area (Å²) in [4.78, 5) is 7.46. The van der Waals surface area contributed by atoms with Gasteiger partial charge in [-0.1, -0.05) is 30.3 Å². The van der Waals surface area contributed by atoms with Crippen LogP contribution in [0.25, 0.3) is 11.3 Å². The van der Waals surface area contributed by atoms with Gasteiger partial charge in [0.1, 0.15) is 5.82 Å². The molecule has 0 bridgehead atoms. The molecule has 7 heteroatoms. The van der Waals surface area contributed by atoms with Gasteiger partial charge in [-0.05, 0) is 0 Å². The van der Waals surface area contributed by atoms with Gasteiger partial charge in [0.2, 0.25) is 5.95 Å². The third kappa shape index (κ3) is 3.12. The monoisotopic (exact) mass is 268 g/mol. The normalized spacial score (nSPS) is 11.5. The molecule has 19 heavy (non-hydrogen) atoms. The molecule has 2 rings (SSSR count). The lowest BCUT2D eigenvalue weighted by Crippen LogP contribution is -2.16. The first-order chi connectivity index (χ1) is 8.87. The van der Waals surface area contributed by atoms with Gasteiger partial charge in [0.05, 0.1) is 12.1 Å². The molecule has 100 valence electrons. The van der Waals surface area contributed by atoms with Crippen molar-refractivity contribution in [2.24, 2.45) is 0 Å². The molecule has 0 radical (unpaired) electrons. The number of nitrogens with two attached hydrogens (primary N) is 2. The molecule has 4 N–H and O–H groups in total. The minimum atomic E-state index is -4.39. The number of aromatic nitrogens is 2. The van der Waals surface area contributed by atoms with Crippen LogP contribution in [-0.4, -0.2) is 16.1 Å². The van der Waals surface area contributed by atoms with Gasteiger partial charge in [-0.25, -0.2) is 4.98 Å². The Bertz CT molecular complexity index is 582. The lowest BCUT2D eigenvalue weighted by atomic mass is 10.0. The summed E-state index contributed by atoms with van der Waals surface area (Å²) >= 11 is 0. The third-order valence-corrected chi connectivity index (χ3v) is 2.48. The van der Waals surface area contributed by atoms with Crippen LogP contribution in [0.3, 0.4) is 0 Å². The van der Waals surface area contributed by atoms with E-state index in [-0.39, 0.29) is 23.0 Å². The molecule has 1 aromatic carbocycles. The largest absolute Gasteiger partial charge is 0.393 e. The predicted octanol–water partition coefficient (Wildman–Crippen LogP) is 2.41. The average molecular weight is 268 g/mol. The predicted molar refractivity (Wildman–Crippen MR) is 66.1 cm³/mol. The summed E-state index contributed by atoms with van der Waals surface area (Å²) in [7, 11) is 0. The molecule has 0 saturated heterocycles. The van der Waals surface area contributed by atoms with Gasteiger partial charge in [0, 0.05) is 11.1 Å². The van der Waals surface area contributed by atoms with Crippen molar-refractivity contribution in [3.8, 4) is 11.3 Å². The van der Waals surface area contributed by atoms with Crippen LogP contribution in [0.1, 0.15) is 5.56 Å². The number of rotatable bonds is 2. The van der Waals surface area contributed by atoms with Crippen LogP contribution >= 0.6 is 0 Å². The van der Waals surface area contributed by atoms with Gasteiger partial charge in [-0.15, -0.1) is 0 Å². The van der Waals surface area contributed by atoms with Crippen molar-refractivity contribution in [2.45, 2.75) is 12.6 Å². The molecule has 1 heterocycles. The highest BCUT2D eigenvalue weighted by molar-refractivity contribution is 5.69. The quantitative estimate of drug-likeness (QED) is 0.876. The van der Waals surface area contributed by atoms with Crippen LogP contribution in [0, 0.1) is 0 Å². The van der Waals surface area contributed by atoms with Gasteiger partial charge in [0.25, 0.3) is 0 Å². The number of nitrogens with zero attached hydrogens (tertiary/aromatic N) is 2. The van der Waals surface area contributed by atoms with Crippen LogP contribution in [-0.2, 0) is 6.42 Å². The maximum atomic E-state index is 12.6. The molecule has 0 aliphatic carbocycles. The van der Waals surface area contributed by atoms with E-state index in [1.54, 1.807) is 30.3 Å². The molecule has 0 amide bonds. The van der Waals surface area contributed by atoms with Crippen molar-refractivity contribution < 1.29 is 13.2 Å². The van der Waals surface area contributed by atoms with E-state index in [0.29, 0.717) is 5.56 Å². The number of benzene rings is 1. The third-order valence-electron chi connectivity index (χ3n) is 2.48. The Morgan fingerprint density at radius 2 is 1.63 bits per heavy atom. The standard InChI is InChI=1S/C12H11F3N4/c13-12(14,15)6-8-9(7-4-2-1-3-5-7)18-11(17)19-10(8)16/h1-5H,6H2,(H4,16,17,18,19). The molecule has 1 aromatic heterocycles. The molecule has 0 atom stereocenters. The van der Waals surface area contributed by atoms with Crippen molar-refractivity contribution in [2.75, 3.05) is 11.5 Å². The number of hydrogen-bond donors (Lipinski definition) is 2. The number of anilines is 2. The average Bonchev–Trinajstić information content (AvgIpc) is 2.32. The number of hydrogen-bond acceptors (Lipinski definition) is 4. The zero-order valence-electron chi connectivity index (χ0n) is 9.78. The van der Waals surface area contributed by atoms with E-state index in [1.165, 1.54) is 0 Å². The second kappa shape index (κ2) is 4.75. The van der Waals surface area contributed by atoms with Gasteiger partial charge in [-0.3, -0.25) is 0 Å². The Morgan fingerprint density at radius 3 is 2.21 bits per heavy atom. The first kappa shape index (κ1) is 13.1. The molecule has 0 saturated carbocycles. The first-order valence-electron chi connectivity index (χ1n) is 5.41. The summed E-state index contributed by atoms with van der Waals surface area (Å²) < 4.78 is 37.7. The summed E-state index contributed by atoms with van der Waals surface area (Å²) in [6.45, 7) is 0. The van der Waals surface area contributed by atoms with E-state index >= 15 is 0 Å². The highest BCUT2D eigenvalue weighted by Crippen LogP contribution is 2.31. The zero-order valence-corrected chi connectivity index (χ0v) is 9.78. The second-order valence-corrected chi connectivity index (χ2v) is 3.95. The first-order valence-corrected chi connectivity index (χ1v) is 5.41. The maximum absolute atomic E-state index is 12.6. The number of alkyl halides is 3. The van der Waals surface area contributed by atoms with Gasteiger partial charge in [-0.2, -0.15) is 18.2 Å². The SMILES string of the molecule is Nc1nc(N)c(CC(F)(F)F)c(-c2ccccc2)n1. The number of nitrogen functional groups attached to an aromatic ring is 2. The van der Waals surface area contributed by atoms with Crippen molar-refractivity contribution in [1.29, 1.82) is 0 Å². The number of halogens is 3. The molecule has 0 unspecified atom stereocenters. The Labute approximate surface area is 107 Å². The fourth-order valence-electron chi connectivity index (χ4n) is 1.73. The fourth-order valence-corrected chi connectivity index (χ4v) is 1.73. The summed E-state index contributed by atoms with van der Waals surface area (Å²) in [6.07, 6.45) is -5.58. The van der Waals surface area contributed by atoms with Crippen molar-refractivity contribution in [3.05, 3.63) is 35.9 Å². The smallest absolute Gasteiger partial charge is 0.383 e. The molecule has 2 aromatic rings. The van der Waals surface area contributed by atoms with Gasteiger partial charge >= 0.3 is 6.18 Å². The van der Waals surface area contributed by atoms with Crippen LogP contribution in [0.2, 0.25) is 0 Å². The Morgan fingerprint density at radius 1 is 1.00 bits per heavy atom. The van der Waals surface area contributed by atoms with E-state index in [9.17, 15) is 13.2 Å². The molecule has 4 nitrogen and oxygen atoms in total. The topological polar surface area (TPSA) is 77.8 Å². The van der Waals surface area contributed by atoms with Crippen molar-refractivity contribution in [1.82, 2.24) is 9.97 Å². The van der Waals surface area contributed by atoms with E-state index in [2.05, 4.69) is 9.97 Å². The maximum Gasteiger partial charge on any atom is 0.393 e. The van der Waals surface area contributed by atoms with Crippen LogP contribution in [0.4, 0.5) is 24.9 Å². The van der Waals surface area contributed by atoms with Crippen LogP contribution < -0.4 is 11.5 Å². The molecule has 0 aliphatic heterocycles. The Kier molecular flexibility index (Phi) is 3.28. The van der Waals surface area contributed by atoms with E-state index in [0.717, 1.165) is 0 Å². The van der Waals surface area contributed by atoms with Crippen molar-refractivity contribution in [3.63, 3.8) is 0 Å². The molecular weight excluding hydrogens is 257 g/mol. The summed E-state index contributed by atoms with van der Waals surface area (Å²) in [5.41, 5.74) is 11.5. The summed E-state index contributed by atoms with van der Waals surface area (Å²) in [5.74, 6) is -0.397. The highest BCUT2D eigenvalue weighted by Gasteiger charge is 2.31. The highest BCUT2D eigenvalue weighted by atomic mass is 19.4. The van der Waals surface area contributed by atoms with E-state index in [4.69, 9.17) is 11.5 Å². The van der Waals surface area contributed by atoms with Crippen LogP contribution in [0.5, 0.6) is 0 Å². The lowest BCUT2D eigenvalue weighted by Gasteiger charge is -2.13. The van der Waals surface area contributed by atoms with E-state index < -0.39 is 12.6 Å². The minimum absolute atomic E-state index is 0.114. The minimum Gasteiger partial charge on any atom is -0.383 e. The molecule has 0 aliphatic rings. The zero-order chi connectivity index (χ0) is 14.0. The lowest BCUT2D eigenvalue weighted by molar-refractivity contribution is -0.127.